The lowest BCUT2D eigenvalue weighted by Crippen LogP contribution is -2.46. The number of nitrogens with one attached hydrogen (secondary N) is 1. The maximum Gasteiger partial charge on any atom is 0.321 e. The molecular formula is C21H32FN3O. The molecule has 2 saturated heterocycles. The van der Waals surface area contributed by atoms with Crippen molar-refractivity contribution in [2.45, 2.75) is 40.0 Å². The number of nitrogens with zero attached hydrogens (tertiary/aromatic N) is 2. The molecule has 2 fully saturated rings. The molecule has 0 aliphatic carbocycles. The highest BCUT2D eigenvalue weighted by molar-refractivity contribution is 5.89. The number of urea groups is 1. The van der Waals surface area contributed by atoms with Gasteiger partial charge < -0.3 is 15.1 Å². The molecule has 144 valence electrons. The van der Waals surface area contributed by atoms with Crippen LogP contribution in [0, 0.1) is 30.5 Å². The van der Waals surface area contributed by atoms with Gasteiger partial charge in [-0.2, -0.15) is 0 Å². The standard InChI is InChI=1S/C21H32FN3O/c1-15-10-16(2)13-24(12-15)14-18-6-8-25(9-7-18)21(26)23-19-5-4-17(3)20(22)11-19/h4-5,11,15-16,18H,6-10,12-14H2,1-3H3,(H,23,26)/t15-,16-/m1/s1. The number of amides is 2. The zero-order chi connectivity index (χ0) is 18.7. The zero-order valence-corrected chi connectivity index (χ0v) is 16.3. The summed E-state index contributed by atoms with van der Waals surface area (Å²) in [6.45, 7) is 11.6. The Morgan fingerprint density at radius 1 is 1.19 bits per heavy atom. The van der Waals surface area contributed by atoms with E-state index in [1.54, 1.807) is 19.1 Å². The SMILES string of the molecule is Cc1ccc(NC(=O)N2CCC(CN3C[C@H](C)C[C@@H](C)C3)CC2)cc1F. The number of rotatable bonds is 3. The Morgan fingerprint density at radius 2 is 1.85 bits per heavy atom. The summed E-state index contributed by atoms with van der Waals surface area (Å²) in [6.07, 6.45) is 3.44. The van der Waals surface area contributed by atoms with E-state index in [1.807, 2.05) is 4.90 Å². The average Bonchev–Trinajstić information content (AvgIpc) is 2.58. The van der Waals surface area contributed by atoms with E-state index in [9.17, 15) is 9.18 Å². The van der Waals surface area contributed by atoms with Gasteiger partial charge in [-0.05, 0) is 61.6 Å². The molecule has 2 heterocycles. The molecule has 26 heavy (non-hydrogen) atoms. The lowest BCUT2D eigenvalue weighted by molar-refractivity contribution is 0.101. The Bertz CT molecular complexity index is 618. The molecule has 1 aromatic rings. The Labute approximate surface area is 156 Å². The molecule has 0 spiro atoms. The number of likely N-dealkylation sites (tertiary alicyclic amines) is 2. The Balaban J connectivity index is 1.45. The Morgan fingerprint density at radius 3 is 2.46 bits per heavy atom. The van der Waals surface area contributed by atoms with Crippen molar-refractivity contribution in [1.29, 1.82) is 0 Å². The quantitative estimate of drug-likeness (QED) is 0.868. The van der Waals surface area contributed by atoms with Crippen LogP contribution >= 0.6 is 0 Å². The van der Waals surface area contributed by atoms with Gasteiger partial charge in [0.25, 0.3) is 0 Å². The van der Waals surface area contributed by atoms with Crippen LogP contribution in [0.4, 0.5) is 14.9 Å². The van der Waals surface area contributed by atoms with Crippen molar-refractivity contribution in [3.63, 3.8) is 0 Å². The normalized spacial score (nSPS) is 25.3. The molecule has 0 radical (unpaired) electrons. The first-order valence-corrected chi connectivity index (χ1v) is 9.95. The number of piperidine rings is 2. The number of carbonyl (C=O) groups excluding carboxylic acids is 1. The monoisotopic (exact) mass is 361 g/mol. The van der Waals surface area contributed by atoms with Gasteiger partial charge in [-0.15, -0.1) is 0 Å². The van der Waals surface area contributed by atoms with E-state index in [4.69, 9.17) is 0 Å². The van der Waals surface area contributed by atoms with E-state index < -0.39 is 0 Å². The van der Waals surface area contributed by atoms with Gasteiger partial charge in [0.1, 0.15) is 5.82 Å². The fraction of sp³-hybridized carbons (Fsp3) is 0.667. The van der Waals surface area contributed by atoms with Crippen molar-refractivity contribution < 1.29 is 9.18 Å². The van der Waals surface area contributed by atoms with Crippen LogP contribution in [0.3, 0.4) is 0 Å². The van der Waals surface area contributed by atoms with E-state index >= 15 is 0 Å². The predicted octanol–water partition coefficient (Wildman–Crippen LogP) is 4.36. The number of hydrogen-bond acceptors (Lipinski definition) is 2. The topological polar surface area (TPSA) is 35.6 Å². The van der Waals surface area contributed by atoms with E-state index in [2.05, 4.69) is 24.1 Å². The van der Waals surface area contributed by atoms with Gasteiger partial charge >= 0.3 is 6.03 Å². The average molecular weight is 362 g/mol. The molecule has 1 N–H and O–H groups in total. The molecule has 2 amide bonds. The minimum Gasteiger partial charge on any atom is -0.325 e. The van der Waals surface area contributed by atoms with Crippen LogP contribution in [-0.4, -0.2) is 48.6 Å². The van der Waals surface area contributed by atoms with Crippen molar-refractivity contribution in [2.24, 2.45) is 17.8 Å². The summed E-state index contributed by atoms with van der Waals surface area (Å²) in [6, 6.07) is 4.71. The van der Waals surface area contributed by atoms with Gasteiger partial charge in [-0.1, -0.05) is 19.9 Å². The second-order valence-corrected chi connectivity index (χ2v) is 8.49. The highest BCUT2D eigenvalue weighted by atomic mass is 19.1. The summed E-state index contributed by atoms with van der Waals surface area (Å²) >= 11 is 0. The summed E-state index contributed by atoms with van der Waals surface area (Å²) in [5, 5.41) is 2.82. The molecule has 3 rings (SSSR count). The van der Waals surface area contributed by atoms with Gasteiger partial charge in [0, 0.05) is 38.4 Å². The highest BCUT2D eigenvalue weighted by Crippen LogP contribution is 2.25. The van der Waals surface area contributed by atoms with E-state index in [0.717, 1.165) is 44.3 Å². The largest absolute Gasteiger partial charge is 0.325 e. The molecule has 5 heteroatoms. The number of hydrogen-bond donors (Lipinski definition) is 1. The van der Waals surface area contributed by atoms with Crippen LogP contribution in [0.1, 0.15) is 38.7 Å². The van der Waals surface area contributed by atoms with Crippen LogP contribution < -0.4 is 5.32 Å². The number of aryl methyl sites for hydroxylation is 1. The zero-order valence-electron chi connectivity index (χ0n) is 16.3. The number of benzene rings is 1. The van der Waals surface area contributed by atoms with E-state index in [1.165, 1.54) is 25.6 Å². The van der Waals surface area contributed by atoms with Crippen molar-refractivity contribution in [2.75, 3.05) is 38.0 Å². The Kier molecular flexibility index (Phi) is 6.17. The molecule has 2 aliphatic rings. The molecule has 2 atom stereocenters. The van der Waals surface area contributed by atoms with Crippen molar-refractivity contribution in [3.05, 3.63) is 29.6 Å². The van der Waals surface area contributed by atoms with Gasteiger partial charge in [-0.25, -0.2) is 9.18 Å². The van der Waals surface area contributed by atoms with Crippen LogP contribution in [-0.2, 0) is 0 Å². The summed E-state index contributed by atoms with van der Waals surface area (Å²) in [5.41, 5.74) is 1.11. The number of halogens is 1. The molecule has 2 aliphatic heterocycles. The minimum absolute atomic E-state index is 0.119. The van der Waals surface area contributed by atoms with Crippen molar-refractivity contribution in [1.82, 2.24) is 9.80 Å². The highest BCUT2D eigenvalue weighted by Gasteiger charge is 2.27. The van der Waals surface area contributed by atoms with E-state index in [-0.39, 0.29) is 11.8 Å². The summed E-state index contributed by atoms with van der Waals surface area (Å²) in [4.78, 5) is 16.9. The molecule has 0 aromatic heterocycles. The lowest BCUT2D eigenvalue weighted by Gasteiger charge is -2.39. The fourth-order valence-electron chi connectivity index (χ4n) is 4.50. The smallest absolute Gasteiger partial charge is 0.321 e. The summed E-state index contributed by atoms with van der Waals surface area (Å²) in [5.74, 6) is 1.97. The lowest BCUT2D eigenvalue weighted by atomic mass is 9.89. The van der Waals surface area contributed by atoms with Gasteiger partial charge in [0.15, 0.2) is 0 Å². The first-order valence-electron chi connectivity index (χ1n) is 9.95. The van der Waals surface area contributed by atoms with Gasteiger partial charge in [0.2, 0.25) is 0 Å². The molecular weight excluding hydrogens is 329 g/mol. The summed E-state index contributed by atoms with van der Waals surface area (Å²) < 4.78 is 13.6. The number of carbonyl (C=O) groups is 1. The molecule has 4 nitrogen and oxygen atoms in total. The fourth-order valence-corrected chi connectivity index (χ4v) is 4.50. The Hall–Kier alpha value is -1.62. The maximum absolute atomic E-state index is 13.6. The summed E-state index contributed by atoms with van der Waals surface area (Å²) in [7, 11) is 0. The van der Waals surface area contributed by atoms with Gasteiger partial charge in [0.05, 0.1) is 0 Å². The molecule has 0 bridgehead atoms. The van der Waals surface area contributed by atoms with Crippen molar-refractivity contribution >= 4 is 11.7 Å². The first kappa shape index (κ1) is 19.2. The van der Waals surface area contributed by atoms with Gasteiger partial charge in [-0.3, -0.25) is 0 Å². The van der Waals surface area contributed by atoms with Crippen LogP contribution in [0.5, 0.6) is 0 Å². The second kappa shape index (κ2) is 8.38. The molecule has 1 aromatic carbocycles. The van der Waals surface area contributed by atoms with E-state index in [0.29, 0.717) is 17.2 Å². The second-order valence-electron chi connectivity index (χ2n) is 8.49. The van der Waals surface area contributed by atoms with Crippen LogP contribution in [0.15, 0.2) is 18.2 Å². The predicted molar refractivity (Wildman–Crippen MR) is 104 cm³/mol. The first-order chi connectivity index (χ1) is 12.4. The van der Waals surface area contributed by atoms with Crippen LogP contribution in [0.25, 0.3) is 0 Å². The van der Waals surface area contributed by atoms with Crippen molar-refractivity contribution in [3.8, 4) is 0 Å². The number of anilines is 1. The molecule has 0 saturated carbocycles. The maximum atomic E-state index is 13.6. The third-order valence-corrected chi connectivity index (χ3v) is 5.79. The molecule has 0 unspecified atom stereocenters. The minimum atomic E-state index is -0.286. The third kappa shape index (κ3) is 4.97. The van der Waals surface area contributed by atoms with Crippen LogP contribution in [0.2, 0.25) is 0 Å². The third-order valence-electron chi connectivity index (χ3n) is 5.79.